The molecule has 6 heteroatoms. The summed E-state index contributed by atoms with van der Waals surface area (Å²) < 4.78 is 1.96. The van der Waals surface area contributed by atoms with E-state index in [1.165, 1.54) is 31.0 Å². The number of rotatable bonds is 7. The molecule has 1 atom stereocenters. The molecule has 0 bridgehead atoms. The molecule has 138 valence electrons. The summed E-state index contributed by atoms with van der Waals surface area (Å²) in [4.78, 5) is 17.0. The molecule has 1 N–H and O–H groups in total. The van der Waals surface area contributed by atoms with Gasteiger partial charge in [0.25, 0.3) is 0 Å². The number of carbonyl (C=O) groups excluding carboxylic acids is 1. The Morgan fingerprint density at radius 2 is 2.08 bits per heavy atom. The van der Waals surface area contributed by atoms with Gasteiger partial charge >= 0.3 is 0 Å². The minimum Gasteiger partial charge on any atom is -0.352 e. The van der Waals surface area contributed by atoms with Crippen LogP contribution >= 0.6 is 11.8 Å². The summed E-state index contributed by atoms with van der Waals surface area (Å²) in [6, 6.07) is 10.1. The number of hydrogen-bond donors (Lipinski definition) is 1. The Labute approximate surface area is 159 Å². The molecule has 1 aromatic carbocycles. The van der Waals surface area contributed by atoms with Crippen molar-refractivity contribution < 1.29 is 4.79 Å². The van der Waals surface area contributed by atoms with Crippen molar-refractivity contribution >= 4 is 17.7 Å². The van der Waals surface area contributed by atoms with Crippen LogP contribution in [0.3, 0.4) is 0 Å². The van der Waals surface area contributed by atoms with Gasteiger partial charge in [-0.1, -0.05) is 55.3 Å². The van der Waals surface area contributed by atoms with Gasteiger partial charge in [0, 0.05) is 12.5 Å². The molecule has 2 aromatic rings. The number of aromatic nitrogens is 3. The van der Waals surface area contributed by atoms with E-state index in [-0.39, 0.29) is 11.2 Å². The third-order valence-corrected chi connectivity index (χ3v) is 5.61. The Hall–Kier alpha value is -2.08. The van der Waals surface area contributed by atoms with Crippen molar-refractivity contribution in [1.29, 1.82) is 0 Å². The smallest absolute Gasteiger partial charge is 0.233 e. The Balaban J connectivity index is 1.84. The van der Waals surface area contributed by atoms with Crippen molar-refractivity contribution in [3.8, 4) is 5.69 Å². The number of nitrogens with one attached hydrogen (secondary N) is 1. The fourth-order valence-electron chi connectivity index (χ4n) is 3.27. The van der Waals surface area contributed by atoms with Crippen LogP contribution in [0.1, 0.15) is 50.8 Å². The molecule has 1 aliphatic carbocycles. The van der Waals surface area contributed by atoms with E-state index in [0.29, 0.717) is 17.6 Å². The number of para-hydroxylation sites is 1. The number of amides is 1. The lowest BCUT2D eigenvalue weighted by molar-refractivity contribution is -0.120. The molecule has 26 heavy (non-hydrogen) atoms. The number of hydrogen-bond acceptors (Lipinski definition) is 4. The fraction of sp³-hybridized carbons (Fsp3) is 0.450. The van der Waals surface area contributed by atoms with Gasteiger partial charge in [-0.3, -0.25) is 4.79 Å². The average molecular weight is 371 g/mol. The van der Waals surface area contributed by atoms with E-state index in [4.69, 9.17) is 10.1 Å². The summed E-state index contributed by atoms with van der Waals surface area (Å²) in [6.07, 6.45) is 7.79. The Morgan fingerprint density at radius 1 is 1.35 bits per heavy atom. The molecule has 1 aliphatic rings. The topological polar surface area (TPSA) is 59.8 Å². The molecule has 0 aliphatic heterocycles. The van der Waals surface area contributed by atoms with E-state index in [0.717, 1.165) is 24.4 Å². The van der Waals surface area contributed by atoms with E-state index < -0.39 is 0 Å². The third-order valence-electron chi connectivity index (χ3n) is 4.66. The van der Waals surface area contributed by atoms with Crippen LogP contribution in [-0.4, -0.2) is 32.5 Å². The first-order chi connectivity index (χ1) is 12.7. The van der Waals surface area contributed by atoms with E-state index in [1.54, 1.807) is 6.08 Å². The molecule has 0 unspecified atom stereocenters. The highest BCUT2D eigenvalue weighted by atomic mass is 32.2. The predicted octanol–water partition coefficient (Wildman–Crippen LogP) is 4.10. The Kier molecular flexibility index (Phi) is 6.50. The minimum atomic E-state index is -0.249. The van der Waals surface area contributed by atoms with Gasteiger partial charge in [0.05, 0.1) is 10.9 Å². The SMILES string of the molecule is C=CCNC(=O)[C@@H](C)Sc1nc(C2CCCCC2)n(-c2ccccc2)n1. The fourth-order valence-corrected chi connectivity index (χ4v) is 4.05. The van der Waals surface area contributed by atoms with Crippen molar-refractivity contribution in [3.63, 3.8) is 0 Å². The van der Waals surface area contributed by atoms with Crippen LogP contribution in [0.5, 0.6) is 0 Å². The average Bonchev–Trinajstić information content (AvgIpc) is 3.11. The van der Waals surface area contributed by atoms with Crippen molar-refractivity contribution in [3.05, 3.63) is 48.8 Å². The molecule has 5 nitrogen and oxygen atoms in total. The molecule has 1 fully saturated rings. The summed E-state index contributed by atoms with van der Waals surface area (Å²) >= 11 is 1.41. The highest BCUT2D eigenvalue weighted by Gasteiger charge is 2.25. The van der Waals surface area contributed by atoms with Crippen LogP contribution in [0.15, 0.2) is 48.1 Å². The lowest BCUT2D eigenvalue weighted by Gasteiger charge is -2.21. The second kappa shape index (κ2) is 9.03. The first kappa shape index (κ1) is 18.7. The molecule has 1 amide bonds. The van der Waals surface area contributed by atoms with Crippen molar-refractivity contribution in [2.45, 2.75) is 55.4 Å². The summed E-state index contributed by atoms with van der Waals surface area (Å²) in [5, 5.41) is 7.97. The van der Waals surface area contributed by atoms with Crippen LogP contribution in [0, 0.1) is 0 Å². The molecule has 1 heterocycles. The molecule has 1 saturated carbocycles. The molecule has 1 aromatic heterocycles. The summed E-state index contributed by atoms with van der Waals surface area (Å²) in [5.41, 5.74) is 1.02. The van der Waals surface area contributed by atoms with Gasteiger partial charge in [-0.25, -0.2) is 9.67 Å². The number of carbonyl (C=O) groups is 1. The lowest BCUT2D eigenvalue weighted by atomic mass is 9.88. The third kappa shape index (κ3) is 4.55. The number of nitrogens with zero attached hydrogens (tertiary/aromatic N) is 3. The number of thioether (sulfide) groups is 1. The molecule has 3 rings (SSSR count). The Bertz CT molecular complexity index is 738. The zero-order chi connectivity index (χ0) is 18.4. The molecule has 0 radical (unpaired) electrons. The molecular weight excluding hydrogens is 344 g/mol. The maximum absolute atomic E-state index is 12.1. The summed E-state index contributed by atoms with van der Waals surface area (Å²) in [5.74, 6) is 1.44. The first-order valence-corrected chi connectivity index (χ1v) is 10.1. The van der Waals surface area contributed by atoms with E-state index in [1.807, 2.05) is 29.8 Å². The van der Waals surface area contributed by atoms with Crippen molar-refractivity contribution in [2.75, 3.05) is 6.54 Å². The highest BCUT2D eigenvalue weighted by Crippen LogP contribution is 2.34. The number of benzene rings is 1. The first-order valence-electron chi connectivity index (χ1n) is 9.26. The van der Waals surface area contributed by atoms with Gasteiger partial charge in [0.1, 0.15) is 5.82 Å². The van der Waals surface area contributed by atoms with Gasteiger partial charge in [0.2, 0.25) is 11.1 Å². The van der Waals surface area contributed by atoms with Crippen molar-refractivity contribution in [2.24, 2.45) is 0 Å². The standard InChI is InChI=1S/C20H26N4OS/c1-3-14-21-19(25)15(2)26-20-22-18(16-10-6-4-7-11-16)24(23-20)17-12-8-5-9-13-17/h3,5,8-9,12-13,15-16H,1,4,6-7,10-11,14H2,2H3,(H,21,25)/t15-/m1/s1. The van der Waals surface area contributed by atoms with Gasteiger partial charge in [-0.05, 0) is 31.9 Å². The van der Waals surface area contributed by atoms with Crippen molar-refractivity contribution in [1.82, 2.24) is 20.1 Å². The summed E-state index contributed by atoms with van der Waals surface area (Å²) in [6.45, 7) is 5.98. The zero-order valence-electron chi connectivity index (χ0n) is 15.2. The zero-order valence-corrected chi connectivity index (χ0v) is 16.0. The van der Waals surface area contributed by atoms with E-state index in [9.17, 15) is 4.79 Å². The van der Waals surface area contributed by atoms with E-state index >= 15 is 0 Å². The minimum absolute atomic E-state index is 0.0230. The maximum atomic E-state index is 12.1. The Morgan fingerprint density at radius 3 is 2.77 bits per heavy atom. The van der Waals surface area contributed by atoms with Crippen LogP contribution in [-0.2, 0) is 4.79 Å². The monoisotopic (exact) mass is 370 g/mol. The second-order valence-electron chi connectivity index (χ2n) is 6.63. The lowest BCUT2D eigenvalue weighted by Crippen LogP contribution is -2.30. The molecule has 0 saturated heterocycles. The van der Waals surface area contributed by atoms with Crippen LogP contribution in [0.25, 0.3) is 5.69 Å². The van der Waals surface area contributed by atoms with Crippen LogP contribution < -0.4 is 5.32 Å². The highest BCUT2D eigenvalue weighted by molar-refractivity contribution is 8.00. The second-order valence-corrected chi connectivity index (χ2v) is 7.94. The predicted molar refractivity (Wildman–Crippen MR) is 106 cm³/mol. The van der Waals surface area contributed by atoms with Gasteiger partial charge in [-0.15, -0.1) is 11.7 Å². The normalized spacial score (nSPS) is 16.2. The molecule has 0 spiro atoms. The van der Waals surface area contributed by atoms with Gasteiger partial charge < -0.3 is 5.32 Å². The van der Waals surface area contributed by atoms with Crippen LogP contribution in [0.4, 0.5) is 0 Å². The van der Waals surface area contributed by atoms with Gasteiger partial charge in [-0.2, -0.15) is 0 Å². The maximum Gasteiger partial charge on any atom is 0.233 e. The molecular formula is C20H26N4OS. The summed E-state index contributed by atoms with van der Waals surface area (Å²) in [7, 11) is 0. The van der Waals surface area contributed by atoms with Gasteiger partial charge in [0.15, 0.2) is 0 Å². The quantitative estimate of drug-likeness (QED) is 0.589. The largest absolute Gasteiger partial charge is 0.352 e. The van der Waals surface area contributed by atoms with E-state index in [2.05, 4.69) is 24.0 Å². The van der Waals surface area contributed by atoms with Crippen LogP contribution in [0.2, 0.25) is 0 Å².